The molecule has 146 valence electrons. The fourth-order valence-electron chi connectivity index (χ4n) is 2.71. The third kappa shape index (κ3) is 6.59. The zero-order valence-corrected chi connectivity index (χ0v) is 16.8. The monoisotopic (exact) mass is 382 g/mol. The number of hydrogen-bond donors (Lipinski definition) is 3. The molecule has 1 aromatic carbocycles. The Morgan fingerprint density at radius 3 is 2.31 bits per heavy atom. The summed E-state index contributed by atoms with van der Waals surface area (Å²) in [6, 6.07) is 7.00. The molecule has 0 spiro atoms. The van der Waals surface area contributed by atoms with Gasteiger partial charge in [0.05, 0.1) is 18.6 Å². The fourth-order valence-corrected chi connectivity index (χ4v) is 2.97. The van der Waals surface area contributed by atoms with Crippen molar-refractivity contribution in [2.75, 3.05) is 26.2 Å². The normalized spacial score (nSPS) is 13.5. The van der Waals surface area contributed by atoms with E-state index >= 15 is 0 Å². The first-order valence-corrected chi connectivity index (χ1v) is 9.48. The van der Waals surface area contributed by atoms with E-state index < -0.39 is 6.04 Å². The maximum absolute atomic E-state index is 12.1. The third-order valence-corrected chi connectivity index (χ3v) is 4.80. The molecule has 0 saturated carbocycles. The van der Waals surface area contributed by atoms with Crippen molar-refractivity contribution < 1.29 is 9.59 Å². The molecule has 2 atom stereocenters. The van der Waals surface area contributed by atoms with E-state index in [4.69, 9.17) is 17.3 Å². The smallest absolute Gasteiger partial charge is 0.239 e. The molecule has 0 fully saturated rings. The van der Waals surface area contributed by atoms with E-state index in [2.05, 4.69) is 29.4 Å². The van der Waals surface area contributed by atoms with Gasteiger partial charge in [0.25, 0.3) is 0 Å². The second-order valence-corrected chi connectivity index (χ2v) is 6.96. The van der Waals surface area contributed by atoms with Crippen molar-refractivity contribution in [1.29, 1.82) is 0 Å². The van der Waals surface area contributed by atoms with Crippen LogP contribution < -0.4 is 16.4 Å². The van der Waals surface area contributed by atoms with Gasteiger partial charge in [-0.25, -0.2) is 0 Å². The fraction of sp³-hybridized carbons (Fsp3) is 0.579. The minimum Gasteiger partial charge on any atom is -0.353 e. The number of halogens is 1. The second-order valence-electron chi connectivity index (χ2n) is 6.55. The van der Waals surface area contributed by atoms with E-state index in [1.807, 2.05) is 38.1 Å². The predicted molar refractivity (Wildman–Crippen MR) is 106 cm³/mol. The Labute approximate surface area is 161 Å². The molecule has 1 rings (SSSR count). The van der Waals surface area contributed by atoms with Crippen LogP contribution in [0.5, 0.6) is 0 Å². The van der Waals surface area contributed by atoms with Gasteiger partial charge in [-0.15, -0.1) is 0 Å². The number of amides is 2. The third-order valence-electron chi connectivity index (χ3n) is 4.45. The van der Waals surface area contributed by atoms with Crippen LogP contribution in [0.25, 0.3) is 0 Å². The van der Waals surface area contributed by atoms with Gasteiger partial charge >= 0.3 is 0 Å². The van der Waals surface area contributed by atoms with Gasteiger partial charge in [-0.1, -0.05) is 57.5 Å². The minimum atomic E-state index is -0.616. The van der Waals surface area contributed by atoms with Crippen molar-refractivity contribution in [2.45, 2.75) is 39.8 Å². The van der Waals surface area contributed by atoms with Gasteiger partial charge in [0.15, 0.2) is 0 Å². The minimum absolute atomic E-state index is 0.0188. The molecular formula is C19H31ClN4O2. The average Bonchev–Trinajstić information content (AvgIpc) is 2.63. The van der Waals surface area contributed by atoms with Gasteiger partial charge in [0, 0.05) is 11.6 Å². The van der Waals surface area contributed by atoms with E-state index in [1.54, 1.807) is 0 Å². The summed E-state index contributed by atoms with van der Waals surface area (Å²) in [6.45, 7) is 9.87. The van der Waals surface area contributed by atoms with Gasteiger partial charge in [-0.3, -0.25) is 14.5 Å². The number of hydrogen-bond acceptors (Lipinski definition) is 4. The number of rotatable bonds is 10. The summed E-state index contributed by atoms with van der Waals surface area (Å²) in [5.41, 5.74) is 6.75. The first kappa shape index (κ1) is 22.4. The van der Waals surface area contributed by atoms with Gasteiger partial charge in [-0.05, 0) is 30.6 Å². The molecule has 7 heteroatoms. The predicted octanol–water partition coefficient (Wildman–Crippen LogP) is 1.94. The molecule has 1 aromatic rings. The van der Waals surface area contributed by atoms with Crippen molar-refractivity contribution in [3.05, 3.63) is 34.9 Å². The van der Waals surface area contributed by atoms with Gasteiger partial charge in [-0.2, -0.15) is 0 Å². The molecule has 0 aliphatic heterocycles. The first-order chi connectivity index (χ1) is 12.3. The van der Waals surface area contributed by atoms with Gasteiger partial charge < -0.3 is 16.4 Å². The topological polar surface area (TPSA) is 87.5 Å². The van der Waals surface area contributed by atoms with Crippen molar-refractivity contribution in [3.8, 4) is 0 Å². The lowest BCUT2D eigenvalue weighted by Crippen LogP contribution is -2.48. The van der Waals surface area contributed by atoms with Gasteiger partial charge in [0.2, 0.25) is 11.8 Å². The van der Waals surface area contributed by atoms with Crippen molar-refractivity contribution in [3.63, 3.8) is 0 Å². The lowest BCUT2D eigenvalue weighted by atomic mass is 10.0. The number of nitrogens with one attached hydrogen (secondary N) is 2. The number of nitrogens with zero attached hydrogens (tertiary/aromatic N) is 1. The van der Waals surface area contributed by atoms with Crippen molar-refractivity contribution in [2.24, 2.45) is 11.7 Å². The largest absolute Gasteiger partial charge is 0.353 e. The SMILES string of the molecule is CCN(CC)C(CNC(=O)CNC(=O)[C@@H](N)C(C)C)c1ccccc1Cl. The lowest BCUT2D eigenvalue weighted by Gasteiger charge is -2.31. The van der Waals surface area contributed by atoms with E-state index in [1.165, 1.54) is 0 Å². The van der Waals surface area contributed by atoms with Crippen LogP contribution in [-0.4, -0.2) is 48.9 Å². The molecule has 0 radical (unpaired) electrons. The van der Waals surface area contributed by atoms with Crippen LogP contribution in [0.4, 0.5) is 0 Å². The lowest BCUT2D eigenvalue weighted by molar-refractivity contribution is -0.127. The van der Waals surface area contributed by atoms with Crippen molar-refractivity contribution in [1.82, 2.24) is 15.5 Å². The molecule has 0 aromatic heterocycles. The zero-order chi connectivity index (χ0) is 19.7. The van der Waals surface area contributed by atoms with Crippen LogP contribution in [0.2, 0.25) is 5.02 Å². The number of carbonyl (C=O) groups is 2. The molecule has 0 saturated heterocycles. The highest BCUT2D eigenvalue weighted by Gasteiger charge is 2.22. The van der Waals surface area contributed by atoms with Crippen LogP contribution >= 0.6 is 11.6 Å². The zero-order valence-electron chi connectivity index (χ0n) is 16.1. The Morgan fingerprint density at radius 2 is 1.77 bits per heavy atom. The number of nitrogens with two attached hydrogens (primary N) is 1. The summed E-state index contributed by atoms with van der Waals surface area (Å²) in [7, 11) is 0. The molecule has 0 bridgehead atoms. The molecule has 1 unspecified atom stereocenters. The van der Waals surface area contributed by atoms with E-state index in [-0.39, 0.29) is 30.3 Å². The highest BCUT2D eigenvalue weighted by atomic mass is 35.5. The van der Waals surface area contributed by atoms with Crippen LogP contribution in [0.15, 0.2) is 24.3 Å². The average molecular weight is 383 g/mol. The highest BCUT2D eigenvalue weighted by Crippen LogP contribution is 2.26. The standard InChI is InChI=1S/C19H31ClN4O2/c1-5-24(6-2)16(14-9-7-8-10-15(14)20)11-22-17(25)12-23-19(26)18(21)13(3)4/h7-10,13,16,18H,5-6,11-12,21H2,1-4H3,(H,22,25)(H,23,26)/t16?,18-/m0/s1. The Kier molecular flexibility index (Phi) is 9.62. The molecular weight excluding hydrogens is 352 g/mol. The molecule has 0 heterocycles. The van der Waals surface area contributed by atoms with E-state index in [0.717, 1.165) is 18.7 Å². The number of benzene rings is 1. The highest BCUT2D eigenvalue weighted by molar-refractivity contribution is 6.31. The number of carbonyl (C=O) groups excluding carboxylic acids is 2. The Morgan fingerprint density at radius 1 is 1.15 bits per heavy atom. The quantitative estimate of drug-likeness (QED) is 0.577. The summed E-state index contributed by atoms with van der Waals surface area (Å²) < 4.78 is 0. The summed E-state index contributed by atoms with van der Waals surface area (Å²) in [5.74, 6) is -0.551. The summed E-state index contributed by atoms with van der Waals surface area (Å²) in [6.07, 6.45) is 0. The molecule has 26 heavy (non-hydrogen) atoms. The first-order valence-electron chi connectivity index (χ1n) is 9.10. The summed E-state index contributed by atoms with van der Waals surface area (Å²) in [5, 5.41) is 6.14. The maximum atomic E-state index is 12.1. The maximum Gasteiger partial charge on any atom is 0.239 e. The molecule has 0 aliphatic carbocycles. The van der Waals surface area contributed by atoms with E-state index in [0.29, 0.717) is 11.6 Å². The summed E-state index contributed by atoms with van der Waals surface area (Å²) in [4.78, 5) is 26.2. The van der Waals surface area contributed by atoms with Crippen LogP contribution in [0.3, 0.4) is 0 Å². The second kappa shape index (κ2) is 11.2. The Balaban J connectivity index is 2.68. The van der Waals surface area contributed by atoms with E-state index in [9.17, 15) is 9.59 Å². The molecule has 4 N–H and O–H groups in total. The van der Waals surface area contributed by atoms with Crippen LogP contribution in [0, 0.1) is 5.92 Å². The number of likely N-dealkylation sites (N-methyl/N-ethyl adjacent to an activating group) is 1. The Hall–Kier alpha value is -1.63. The van der Waals surface area contributed by atoms with Crippen LogP contribution in [0.1, 0.15) is 39.3 Å². The van der Waals surface area contributed by atoms with Crippen molar-refractivity contribution >= 4 is 23.4 Å². The molecule has 0 aliphatic rings. The summed E-state index contributed by atoms with van der Waals surface area (Å²) >= 11 is 6.35. The molecule has 2 amide bonds. The van der Waals surface area contributed by atoms with Gasteiger partial charge in [0.1, 0.15) is 0 Å². The van der Waals surface area contributed by atoms with Crippen LogP contribution in [-0.2, 0) is 9.59 Å². The molecule has 6 nitrogen and oxygen atoms in total. The Bertz CT molecular complexity index is 591.